The molecule has 2 heterocycles. The van der Waals surface area contributed by atoms with Crippen LogP contribution in [0.3, 0.4) is 0 Å². The highest BCUT2D eigenvalue weighted by atomic mass is 127. The molecule has 2 atom stereocenters. The van der Waals surface area contributed by atoms with Crippen LogP contribution in [0.4, 0.5) is 0 Å². The van der Waals surface area contributed by atoms with Gasteiger partial charge in [-0.3, -0.25) is 24.0 Å². The van der Waals surface area contributed by atoms with Crippen LogP contribution >= 0.6 is 119 Å². The van der Waals surface area contributed by atoms with Gasteiger partial charge in [0.2, 0.25) is 23.6 Å². The molecule has 19 heteroatoms. The van der Waals surface area contributed by atoms with Gasteiger partial charge in [-0.05, 0) is 47.9 Å². The number of carbonyl (C=O) groups excluding carboxylic acids is 5. The second-order valence-electron chi connectivity index (χ2n) is 8.12. The minimum Gasteiger partial charge on any atom is -0.356 e. The summed E-state index contributed by atoms with van der Waals surface area (Å²) < 4.78 is 1.19. The zero-order chi connectivity index (χ0) is 29.8. The molecule has 0 saturated carbocycles. The summed E-state index contributed by atoms with van der Waals surface area (Å²) in [7, 11) is 15.9. The van der Waals surface area contributed by atoms with Gasteiger partial charge >= 0.3 is 0 Å². The zero-order valence-corrected chi connectivity index (χ0v) is 32.4. The van der Waals surface area contributed by atoms with Crippen LogP contribution in [0, 0.1) is 0 Å². The quantitative estimate of drug-likeness (QED) is 0.0399. The molecule has 4 amide bonds. The lowest BCUT2D eigenvalue weighted by atomic mass is 10.1. The monoisotopic (exact) mass is 915 g/mol. The number of halogens is 2. The van der Waals surface area contributed by atoms with Crippen molar-refractivity contribution in [3.63, 3.8) is 0 Å². The summed E-state index contributed by atoms with van der Waals surface area (Å²) >= 11 is 3.92. The van der Waals surface area contributed by atoms with Crippen molar-refractivity contribution >= 4 is 148 Å². The zero-order valence-electron chi connectivity index (χ0n) is 22.0. The third-order valence-electron chi connectivity index (χ3n) is 5.14. The van der Waals surface area contributed by atoms with E-state index >= 15 is 0 Å². The van der Waals surface area contributed by atoms with Crippen molar-refractivity contribution in [1.29, 1.82) is 0 Å². The smallest absolute Gasteiger partial charge is 0.229 e. The van der Waals surface area contributed by atoms with Crippen molar-refractivity contribution in [2.75, 3.05) is 53.7 Å². The molecule has 10 nitrogen and oxygen atoms in total. The minimum absolute atomic E-state index is 0.0160. The van der Waals surface area contributed by atoms with Crippen LogP contribution in [-0.2, 0) is 24.0 Å². The number of alkyl halides is 2. The summed E-state index contributed by atoms with van der Waals surface area (Å²) in [5, 5.41) is 12.4. The predicted octanol–water partition coefficient (Wildman–Crippen LogP) is 3.70. The Balaban J connectivity index is 0.000000831. The third-order valence-corrected chi connectivity index (χ3v) is 19.9. The molecule has 2 fully saturated rings. The number of likely N-dealkylation sites (N-methyl/N-ethyl adjacent to an activating group) is 1. The van der Waals surface area contributed by atoms with Crippen LogP contribution in [0.2, 0.25) is 0 Å². The lowest BCUT2D eigenvalue weighted by molar-refractivity contribution is -0.134. The molecule has 2 aliphatic rings. The predicted molar refractivity (Wildman–Crippen MR) is 197 cm³/mol. The van der Waals surface area contributed by atoms with Crippen LogP contribution in [0.15, 0.2) is 0 Å². The van der Waals surface area contributed by atoms with Crippen LogP contribution in [-0.4, -0.2) is 96.5 Å². The normalized spacial score (nSPS) is 15.7. The summed E-state index contributed by atoms with van der Waals surface area (Å²) in [4.78, 5) is 60.3. The first kappa shape index (κ1) is 39.5. The molecule has 0 radical (unpaired) electrons. The molecule has 0 aromatic heterocycles. The fraction of sp³-hybridized carbons (Fsp3) is 0.762. The van der Waals surface area contributed by atoms with Gasteiger partial charge < -0.3 is 26.2 Å². The van der Waals surface area contributed by atoms with Crippen molar-refractivity contribution in [2.45, 2.75) is 40.9 Å². The van der Waals surface area contributed by atoms with E-state index in [4.69, 9.17) is 0 Å². The van der Waals surface area contributed by atoms with E-state index in [1.54, 1.807) is 11.9 Å². The molecule has 0 bridgehead atoms. The molecule has 2 aliphatic heterocycles. The Bertz CT molecular complexity index is 807. The second kappa shape index (κ2) is 23.8. The summed E-state index contributed by atoms with van der Waals surface area (Å²) in [5.41, 5.74) is 0.0160. The Labute approximate surface area is 290 Å². The molecular formula is C21H36I2N5O5PS6. The molecule has 2 rings (SSSR count). The van der Waals surface area contributed by atoms with Gasteiger partial charge in [0.25, 0.3) is 0 Å². The van der Waals surface area contributed by atoms with E-state index < -0.39 is 0 Å². The number of hydrogen-bond donors (Lipinski definition) is 4. The van der Waals surface area contributed by atoms with Crippen molar-refractivity contribution in [1.82, 2.24) is 26.2 Å². The Morgan fingerprint density at radius 1 is 0.825 bits per heavy atom. The van der Waals surface area contributed by atoms with E-state index in [1.165, 1.54) is 5.08 Å². The minimum atomic E-state index is -0.206. The van der Waals surface area contributed by atoms with Gasteiger partial charge in [-0.2, -0.15) is 0 Å². The molecular weight excluding hydrogens is 879 g/mol. The fourth-order valence-electron chi connectivity index (χ4n) is 3.03. The maximum atomic E-state index is 12.6. The van der Waals surface area contributed by atoms with Gasteiger partial charge in [-0.25, -0.2) is 0 Å². The first-order valence-corrected chi connectivity index (χ1v) is 22.7. The highest BCUT2D eigenvalue weighted by Crippen LogP contribution is 2.83. The Kier molecular flexibility index (Phi) is 23.5. The van der Waals surface area contributed by atoms with Crippen LogP contribution in [0.25, 0.3) is 0 Å². The molecule has 1 spiro atoms. The Hall–Kier alpha value is 1.50. The van der Waals surface area contributed by atoms with E-state index in [-0.39, 0.29) is 48.0 Å². The topological polar surface area (TPSA) is 137 Å². The van der Waals surface area contributed by atoms with Crippen molar-refractivity contribution in [2.24, 2.45) is 0 Å². The third kappa shape index (κ3) is 19.0. The van der Waals surface area contributed by atoms with Gasteiger partial charge in [0.05, 0.1) is 20.0 Å². The molecule has 2 saturated heterocycles. The van der Waals surface area contributed by atoms with Gasteiger partial charge in [-0.1, -0.05) is 97.6 Å². The summed E-state index contributed by atoms with van der Waals surface area (Å²) in [6.45, 7) is 1.73. The number of nitrogens with one attached hydrogen (secondary N) is 4. The SMILES string of the molecule is C1SSC2(SS1)SS2.CN[C@@H](CCCCNC(=O)CCC(=O)N(CCNC(=O)CI)CCNC(=O)CI)C(=O)P. The number of carbonyl (C=O) groups is 5. The first-order valence-electron chi connectivity index (χ1n) is 12.3. The maximum absolute atomic E-state index is 12.6. The summed E-state index contributed by atoms with van der Waals surface area (Å²) in [6, 6.07) is -0.192. The van der Waals surface area contributed by atoms with Gasteiger partial charge in [-0.15, -0.1) is 0 Å². The Morgan fingerprint density at radius 3 is 1.82 bits per heavy atom. The van der Waals surface area contributed by atoms with Gasteiger partial charge in [0.1, 0.15) is 0 Å². The summed E-state index contributed by atoms with van der Waals surface area (Å²) in [5.74, 6) is -0.636. The van der Waals surface area contributed by atoms with Crippen LogP contribution in [0.1, 0.15) is 32.1 Å². The molecule has 0 aromatic rings. The molecule has 0 aliphatic carbocycles. The molecule has 1 unspecified atom stereocenters. The summed E-state index contributed by atoms with van der Waals surface area (Å²) in [6.07, 6.45) is 2.36. The lowest BCUT2D eigenvalue weighted by Crippen LogP contribution is -2.43. The first-order chi connectivity index (χ1) is 19.2. The van der Waals surface area contributed by atoms with Gasteiger partial charge in [0.15, 0.2) is 8.27 Å². The number of amides is 4. The van der Waals surface area contributed by atoms with E-state index in [2.05, 4.69) is 30.5 Å². The highest BCUT2D eigenvalue weighted by molar-refractivity contribution is 14.1. The average molecular weight is 916 g/mol. The lowest BCUT2D eigenvalue weighted by Gasteiger charge is -2.23. The standard InChI is InChI=1S/C19H34I2N5O5P.C2H2S6/c1-22-14(19(31)32)4-2-3-7-23-15(27)5-6-18(30)26(10-8-24-16(28)12-20)11-9-25-17(29)13-21;1-3-5-2(6-4-1)7-8-2/h14,22H,2-13,32H2,1H3,(H,23,27)(H,24,28)(H,25,29);1H2/t14-;/m0./s1. The number of nitrogens with zero attached hydrogens (tertiary/aromatic N) is 1. The molecule has 40 heavy (non-hydrogen) atoms. The highest BCUT2D eigenvalue weighted by Gasteiger charge is 2.50. The molecule has 230 valence electrons. The van der Waals surface area contributed by atoms with E-state index in [0.717, 1.165) is 12.8 Å². The van der Waals surface area contributed by atoms with Crippen molar-refractivity contribution in [3.05, 3.63) is 0 Å². The number of hydrogen-bond acceptors (Lipinski definition) is 12. The van der Waals surface area contributed by atoms with Crippen LogP contribution in [0.5, 0.6) is 0 Å². The van der Waals surface area contributed by atoms with Crippen molar-refractivity contribution < 1.29 is 24.0 Å². The largest absolute Gasteiger partial charge is 0.356 e. The number of rotatable bonds is 18. The van der Waals surface area contributed by atoms with E-state index in [0.29, 0.717) is 50.7 Å². The Morgan fingerprint density at radius 2 is 1.38 bits per heavy atom. The van der Waals surface area contributed by atoms with Gasteiger partial charge in [0, 0.05) is 45.6 Å². The average Bonchev–Trinajstić information content (AvgIpc) is 3.70. The van der Waals surface area contributed by atoms with E-state index in [9.17, 15) is 24.0 Å². The van der Waals surface area contributed by atoms with E-state index in [1.807, 2.05) is 110 Å². The maximum Gasteiger partial charge on any atom is 0.229 e. The number of unbranched alkanes of at least 4 members (excludes halogenated alkanes) is 1. The van der Waals surface area contributed by atoms with Crippen molar-refractivity contribution in [3.8, 4) is 0 Å². The van der Waals surface area contributed by atoms with Crippen LogP contribution < -0.4 is 21.3 Å². The molecule has 4 N–H and O–H groups in total. The molecule has 0 aromatic carbocycles. The fourth-order valence-corrected chi connectivity index (χ4v) is 16.9. The second-order valence-corrected chi connectivity index (χ2v) is 19.7.